The van der Waals surface area contributed by atoms with E-state index in [-0.39, 0.29) is 23.9 Å². The van der Waals surface area contributed by atoms with Crippen LogP contribution < -0.4 is 16.0 Å². The van der Waals surface area contributed by atoms with E-state index in [9.17, 15) is 9.59 Å². The molecule has 6 nitrogen and oxygen atoms in total. The standard InChI is InChI=1S/C18H27N3O3/c1-3-13(2)21-18(23)15-6-4-5-14(9-15)11-20-17(22)10-16-12-24-8-7-19-16/h4-6,9,13,16,19H,3,7-8,10-12H2,1-2H3,(H,20,22)(H,21,23). The number of carbonyl (C=O) groups is 2. The van der Waals surface area contributed by atoms with Gasteiger partial charge in [0.05, 0.1) is 13.2 Å². The largest absolute Gasteiger partial charge is 0.378 e. The Bertz CT molecular complexity index is 556. The SMILES string of the molecule is CCC(C)NC(=O)c1cccc(CNC(=O)CC2COCCN2)c1. The highest BCUT2D eigenvalue weighted by molar-refractivity contribution is 5.94. The molecule has 2 rings (SSSR count). The average Bonchev–Trinajstić information content (AvgIpc) is 2.61. The van der Waals surface area contributed by atoms with E-state index in [2.05, 4.69) is 16.0 Å². The van der Waals surface area contributed by atoms with Crippen molar-refractivity contribution in [2.24, 2.45) is 0 Å². The molecule has 0 saturated carbocycles. The van der Waals surface area contributed by atoms with Crippen LogP contribution in [0.25, 0.3) is 0 Å². The van der Waals surface area contributed by atoms with Crippen molar-refractivity contribution in [2.45, 2.75) is 45.3 Å². The second kappa shape index (κ2) is 9.39. The van der Waals surface area contributed by atoms with Crippen LogP contribution in [0.5, 0.6) is 0 Å². The zero-order valence-electron chi connectivity index (χ0n) is 14.4. The first-order valence-electron chi connectivity index (χ1n) is 8.56. The van der Waals surface area contributed by atoms with E-state index in [0.29, 0.717) is 31.7 Å². The molecule has 6 heteroatoms. The lowest BCUT2D eigenvalue weighted by atomic mass is 10.1. The first kappa shape index (κ1) is 18.4. The zero-order valence-corrected chi connectivity index (χ0v) is 14.4. The van der Waals surface area contributed by atoms with Crippen LogP contribution >= 0.6 is 0 Å². The van der Waals surface area contributed by atoms with Crippen molar-refractivity contribution in [3.63, 3.8) is 0 Å². The van der Waals surface area contributed by atoms with Gasteiger partial charge in [-0.15, -0.1) is 0 Å². The van der Waals surface area contributed by atoms with Gasteiger partial charge in [-0.2, -0.15) is 0 Å². The molecule has 24 heavy (non-hydrogen) atoms. The van der Waals surface area contributed by atoms with Crippen LogP contribution in [-0.4, -0.2) is 43.7 Å². The molecule has 1 aliphatic heterocycles. The second-order valence-electron chi connectivity index (χ2n) is 6.19. The van der Waals surface area contributed by atoms with E-state index in [1.54, 1.807) is 6.07 Å². The van der Waals surface area contributed by atoms with Gasteiger partial charge in [-0.25, -0.2) is 0 Å². The van der Waals surface area contributed by atoms with Crippen molar-refractivity contribution in [3.05, 3.63) is 35.4 Å². The summed E-state index contributed by atoms with van der Waals surface area (Å²) >= 11 is 0. The minimum Gasteiger partial charge on any atom is -0.378 e. The summed E-state index contributed by atoms with van der Waals surface area (Å²) in [6.45, 7) is 6.47. The van der Waals surface area contributed by atoms with Gasteiger partial charge >= 0.3 is 0 Å². The molecule has 132 valence electrons. The minimum atomic E-state index is -0.0823. The summed E-state index contributed by atoms with van der Waals surface area (Å²) in [5, 5.41) is 9.10. The van der Waals surface area contributed by atoms with Gasteiger partial charge in [0.2, 0.25) is 5.91 Å². The lowest BCUT2D eigenvalue weighted by Gasteiger charge is -2.23. The molecular formula is C18H27N3O3. The molecule has 0 radical (unpaired) electrons. The molecule has 1 heterocycles. The molecule has 0 spiro atoms. The lowest BCUT2D eigenvalue weighted by Crippen LogP contribution is -2.44. The van der Waals surface area contributed by atoms with Crippen molar-refractivity contribution < 1.29 is 14.3 Å². The van der Waals surface area contributed by atoms with Crippen molar-refractivity contribution in [2.75, 3.05) is 19.8 Å². The summed E-state index contributed by atoms with van der Waals surface area (Å²) < 4.78 is 5.34. The number of amides is 2. The molecule has 3 N–H and O–H groups in total. The fourth-order valence-corrected chi connectivity index (χ4v) is 2.48. The number of morpholine rings is 1. The summed E-state index contributed by atoms with van der Waals surface area (Å²) in [6, 6.07) is 7.57. The number of rotatable bonds is 7. The maximum atomic E-state index is 12.1. The fourth-order valence-electron chi connectivity index (χ4n) is 2.48. The van der Waals surface area contributed by atoms with E-state index >= 15 is 0 Å². The Balaban J connectivity index is 1.82. The molecule has 0 bridgehead atoms. The number of ether oxygens (including phenoxy) is 1. The van der Waals surface area contributed by atoms with Crippen LogP contribution in [0.2, 0.25) is 0 Å². The molecular weight excluding hydrogens is 306 g/mol. The third-order valence-electron chi connectivity index (χ3n) is 4.10. The number of hydrogen-bond acceptors (Lipinski definition) is 4. The molecule has 0 aromatic heterocycles. The summed E-state index contributed by atoms with van der Waals surface area (Å²) in [6.07, 6.45) is 1.29. The highest BCUT2D eigenvalue weighted by atomic mass is 16.5. The van der Waals surface area contributed by atoms with Crippen LogP contribution in [0, 0.1) is 0 Å². The molecule has 0 aliphatic carbocycles. The number of carbonyl (C=O) groups excluding carboxylic acids is 2. The minimum absolute atomic E-state index is 0.0209. The number of nitrogens with one attached hydrogen (secondary N) is 3. The third-order valence-corrected chi connectivity index (χ3v) is 4.10. The number of benzene rings is 1. The van der Waals surface area contributed by atoms with Gasteiger partial charge in [-0.3, -0.25) is 9.59 Å². The molecule has 1 saturated heterocycles. The van der Waals surface area contributed by atoms with Crippen LogP contribution in [0.4, 0.5) is 0 Å². The van der Waals surface area contributed by atoms with Gasteiger partial charge in [-0.05, 0) is 31.0 Å². The zero-order chi connectivity index (χ0) is 17.4. The van der Waals surface area contributed by atoms with E-state index in [4.69, 9.17) is 4.74 Å². The van der Waals surface area contributed by atoms with Gasteiger partial charge in [0.15, 0.2) is 0 Å². The van der Waals surface area contributed by atoms with Crippen molar-refractivity contribution in [3.8, 4) is 0 Å². The van der Waals surface area contributed by atoms with E-state index < -0.39 is 0 Å². The van der Waals surface area contributed by atoms with Crippen molar-refractivity contribution >= 4 is 11.8 Å². The Morgan fingerprint density at radius 3 is 2.96 bits per heavy atom. The Labute approximate surface area is 143 Å². The quantitative estimate of drug-likeness (QED) is 0.701. The predicted octanol–water partition coefficient (Wildman–Crippen LogP) is 1.21. The molecule has 1 aromatic carbocycles. The van der Waals surface area contributed by atoms with Crippen molar-refractivity contribution in [1.82, 2.24) is 16.0 Å². The monoisotopic (exact) mass is 333 g/mol. The molecule has 2 unspecified atom stereocenters. The van der Waals surface area contributed by atoms with Crippen LogP contribution in [0.1, 0.15) is 42.6 Å². The Morgan fingerprint density at radius 1 is 1.42 bits per heavy atom. The topological polar surface area (TPSA) is 79.5 Å². The third kappa shape index (κ3) is 5.94. The molecule has 1 aliphatic rings. The molecule has 2 atom stereocenters. The molecule has 1 aromatic rings. The summed E-state index contributed by atoms with van der Waals surface area (Å²) in [7, 11) is 0. The Kier molecular flexibility index (Phi) is 7.21. The van der Waals surface area contributed by atoms with Crippen LogP contribution in [0.3, 0.4) is 0 Å². The van der Waals surface area contributed by atoms with Gasteiger partial charge in [0, 0.05) is 37.2 Å². The molecule has 1 fully saturated rings. The van der Waals surface area contributed by atoms with Gasteiger partial charge in [0.25, 0.3) is 5.91 Å². The fraction of sp³-hybridized carbons (Fsp3) is 0.556. The summed E-state index contributed by atoms with van der Waals surface area (Å²) in [5.74, 6) is -0.103. The summed E-state index contributed by atoms with van der Waals surface area (Å²) in [5.41, 5.74) is 1.53. The van der Waals surface area contributed by atoms with Crippen LogP contribution in [0.15, 0.2) is 24.3 Å². The first-order chi connectivity index (χ1) is 11.6. The average molecular weight is 333 g/mol. The Morgan fingerprint density at radius 2 is 2.25 bits per heavy atom. The van der Waals surface area contributed by atoms with Crippen LogP contribution in [-0.2, 0) is 16.1 Å². The van der Waals surface area contributed by atoms with E-state index in [0.717, 1.165) is 18.5 Å². The van der Waals surface area contributed by atoms with Gasteiger partial charge in [0.1, 0.15) is 0 Å². The summed E-state index contributed by atoms with van der Waals surface area (Å²) in [4.78, 5) is 24.1. The van der Waals surface area contributed by atoms with E-state index in [1.807, 2.05) is 32.0 Å². The highest BCUT2D eigenvalue weighted by Gasteiger charge is 2.16. The van der Waals surface area contributed by atoms with Gasteiger partial charge < -0.3 is 20.7 Å². The van der Waals surface area contributed by atoms with Crippen molar-refractivity contribution in [1.29, 1.82) is 0 Å². The maximum absolute atomic E-state index is 12.1. The normalized spacial score (nSPS) is 18.7. The highest BCUT2D eigenvalue weighted by Crippen LogP contribution is 2.07. The lowest BCUT2D eigenvalue weighted by molar-refractivity contribution is -0.122. The number of hydrogen-bond donors (Lipinski definition) is 3. The smallest absolute Gasteiger partial charge is 0.251 e. The predicted molar refractivity (Wildman–Crippen MR) is 92.7 cm³/mol. The second-order valence-corrected chi connectivity index (χ2v) is 6.19. The first-order valence-corrected chi connectivity index (χ1v) is 8.56. The van der Waals surface area contributed by atoms with Gasteiger partial charge in [-0.1, -0.05) is 19.1 Å². The Hall–Kier alpha value is -1.92. The maximum Gasteiger partial charge on any atom is 0.251 e. The molecule has 2 amide bonds. The van der Waals surface area contributed by atoms with E-state index in [1.165, 1.54) is 0 Å².